The Bertz CT molecular complexity index is 2500. The fourth-order valence-electron chi connectivity index (χ4n) is 14.1. The van der Waals surface area contributed by atoms with E-state index >= 15 is 0 Å². The third-order valence-corrected chi connectivity index (χ3v) is 16.2. The molecular formula is C55H52N2O. The summed E-state index contributed by atoms with van der Waals surface area (Å²) >= 11 is 0. The predicted molar refractivity (Wildman–Crippen MR) is 236 cm³/mol. The molecule has 1 spiro atoms. The zero-order valence-corrected chi connectivity index (χ0v) is 33.2. The number of rotatable bonds is 4. The number of hydrogen-bond acceptors (Lipinski definition) is 3. The van der Waals surface area contributed by atoms with Crippen molar-refractivity contribution in [3.63, 3.8) is 0 Å². The molecule has 0 aromatic heterocycles. The summed E-state index contributed by atoms with van der Waals surface area (Å²) in [5.74, 6) is 3.18. The number of nitrogens with zero attached hydrogens (tertiary/aromatic N) is 2. The topological polar surface area (TPSA) is 15.7 Å². The molecule has 1 fully saturated rings. The van der Waals surface area contributed by atoms with E-state index < -0.39 is 0 Å². The minimum atomic E-state index is -0.143. The molecule has 1 saturated carbocycles. The van der Waals surface area contributed by atoms with Gasteiger partial charge in [0, 0.05) is 58.2 Å². The largest absolute Gasteiger partial charge is 0.485 e. The number of fused-ring (bicyclic) bond motifs is 15. The van der Waals surface area contributed by atoms with Crippen LogP contribution in [0.2, 0.25) is 0 Å². The Kier molecular flexibility index (Phi) is 7.46. The summed E-state index contributed by atoms with van der Waals surface area (Å²) in [5.41, 5.74) is 13.5. The van der Waals surface area contributed by atoms with Crippen LogP contribution in [-0.2, 0) is 5.41 Å². The molecule has 0 saturated heterocycles. The van der Waals surface area contributed by atoms with Gasteiger partial charge in [0.1, 0.15) is 11.9 Å². The average Bonchev–Trinajstić information content (AvgIpc) is 4.01. The minimum Gasteiger partial charge on any atom is -0.485 e. The van der Waals surface area contributed by atoms with E-state index in [1.54, 1.807) is 27.8 Å². The van der Waals surface area contributed by atoms with Gasteiger partial charge in [0.2, 0.25) is 0 Å². The van der Waals surface area contributed by atoms with Crippen molar-refractivity contribution >= 4 is 11.3 Å². The lowest BCUT2D eigenvalue weighted by Crippen LogP contribution is -2.51. The van der Waals surface area contributed by atoms with Crippen molar-refractivity contribution in [3.05, 3.63) is 197 Å². The summed E-state index contributed by atoms with van der Waals surface area (Å²) in [6.07, 6.45) is 44.2. The molecule has 2 heterocycles. The van der Waals surface area contributed by atoms with E-state index in [0.717, 1.165) is 44.3 Å². The molecular weight excluding hydrogens is 705 g/mol. The van der Waals surface area contributed by atoms with Crippen LogP contribution < -0.4 is 9.64 Å². The molecule has 58 heavy (non-hydrogen) atoms. The summed E-state index contributed by atoms with van der Waals surface area (Å²) in [5, 5.41) is 0. The van der Waals surface area contributed by atoms with Gasteiger partial charge in [-0.05, 0) is 121 Å². The zero-order chi connectivity index (χ0) is 38.0. The highest BCUT2D eigenvalue weighted by molar-refractivity contribution is 5.87. The van der Waals surface area contributed by atoms with Crippen LogP contribution >= 0.6 is 0 Å². The molecule has 3 aromatic rings. The van der Waals surface area contributed by atoms with E-state index in [2.05, 4.69) is 168 Å². The highest BCUT2D eigenvalue weighted by Crippen LogP contribution is 2.68. The molecule has 288 valence electrons. The standard InChI is InChI=1S/C55H52N2O/c1-2-15-35(16-3-1)57-49-25-12-7-20-42(49)44-33-36(30-32-50(44)57)56(51-26-14-28-53-54(51)43-21-8-13-27-52(43)58-53)37-29-31-41-40-19-6-11-24-47(40)55(48(41)34-37)45-22-9-4-17-38(45)39-18-5-10-23-46(39)55/h1-2,4,6-14,17,19-25,27-30,32,34-36,40-41,44,47,50-51,53-54H,3,5,15-16,18,26,31,33H2. The molecule has 0 amide bonds. The Labute approximate surface area is 343 Å². The number of anilines is 1. The first-order valence-corrected chi connectivity index (χ1v) is 22.5. The molecule has 13 rings (SSSR count). The second-order valence-electron chi connectivity index (χ2n) is 18.6. The summed E-state index contributed by atoms with van der Waals surface area (Å²) in [6.45, 7) is 0. The monoisotopic (exact) mass is 756 g/mol. The second-order valence-corrected chi connectivity index (χ2v) is 18.6. The van der Waals surface area contributed by atoms with Gasteiger partial charge in [0.05, 0.1) is 6.04 Å². The van der Waals surface area contributed by atoms with E-state index in [-0.39, 0.29) is 29.5 Å². The van der Waals surface area contributed by atoms with Gasteiger partial charge < -0.3 is 14.5 Å². The third-order valence-electron chi connectivity index (χ3n) is 16.2. The van der Waals surface area contributed by atoms with Crippen LogP contribution in [0.25, 0.3) is 5.57 Å². The first kappa shape index (κ1) is 33.7. The van der Waals surface area contributed by atoms with Crippen molar-refractivity contribution in [2.24, 2.45) is 17.8 Å². The summed E-state index contributed by atoms with van der Waals surface area (Å²) in [4.78, 5) is 5.75. The van der Waals surface area contributed by atoms with Crippen molar-refractivity contribution < 1.29 is 4.74 Å². The van der Waals surface area contributed by atoms with E-state index in [0.29, 0.717) is 35.8 Å². The molecule has 3 aromatic carbocycles. The van der Waals surface area contributed by atoms with Gasteiger partial charge in [-0.15, -0.1) is 0 Å². The lowest BCUT2D eigenvalue weighted by Gasteiger charge is -2.48. The van der Waals surface area contributed by atoms with E-state index in [9.17, 15) is 0 Å². The van der Waals surface area contributed by atoms with Crippen molar-refractivity contribution in [2.45, 2.75) is 98.9 Å². The van der Waals surface area contributed by atoms with E-state index in [1.807, 2.05) is 0 Å². The molecule has 11 atom stereocenters. The van der Waals surface area contributed by atoms with Gasteiger partial charge in [0.25, 0.3) is 0 Å². The number of ether oxygens (including phenoxy) is 1. The number of allylic oxidation sites excluding steroid dienone is 12. The molecule has 10 aliphatic rings. The molecule has 0 radical (unpaired) electrons. The average molecular weight is 757 g/mol. The van der Waals surface area contributed by atoms with Crippen molar-refractivity contribution in [1.29, 1.82) is 0 Å². The van der Waals surface area contributed by atoms with Crippen LogP contribution in [0.5, 0.6) is 5.75 Å². The Morgan fingerprint density at radius 1 is 0.741 bits per heavy atom. The Morgan fingerprint density at radius 2 is 1.62 bits per heavy atom. The fraction of sp³-hybridized carbons (Fsp3) is 0.345. The Hall–Kier alpha value is -5.28. The smallest absolute Gasteiger partial charge is 0.126 e. The highest BCUT2D eigenvalue weighted by Gasteiger charge is 2.61. The van der Waals surface area contributed by atoms with Crippen molar-refractivity contribution in [3.8, 4) is 5.75 Å². The fourth-order valence-corrected chi connectivity index (χ4v) is 14.1. The summed E-state index contributed by atoms with van der Waals surface area (Å²) < 4.78 is 6.76. The van der Waals surface area contributed by atoms with Gasteiger partial charge in [-0.1, -0.05) is 134 Å². The van der Waals surface area contributed by atoms with Crippen LogP contribution in [0.4, 0.5) is 5.69 Å². The van der Waals surface area contributed by atoms with Gasteiger partial charge >= 0.3 is 0 Å². The molecule has 2 aliphatic heterocycles. The lowest BCUT2D eigenvalue weighted by molar-refractivity contribution is 0.128. The normalized spacial score (nSPS) is 36.3. The molecule has 11 unspecified atom stereocenters. The van der Waals surface area contributed by atoms with Crippen molar-refractivity contribution in [2.75, 3.05) is 4.90 Å². The quantitative estimate of drug-likeness (QED) is 0.247. The maximum Gasteiger partial charge on any atom is 0.126 e. The first-order chi connectivity index (χ1) is 28.8. The Morgan fingerprint density at radius 3 is 2.57 bits per heavy atom. The summed E-state index contributed by atoms with van der Waals surface area (Å²) in [6, 6.07) is 29.3. The highest BCUT2D eigenvalue weighted by atomic mass is 16.5. The van der Waals surface area contributed by atoms with Crippen LogP contribution in [0, 0.1) is 17.8 Å². The van der Waals surface area contributed by atoms with Gasteiger partial charge in [-0.3, -0.25) is 0 Å². The van der Waals surface area contributed by atoms with Crippen LogP contribution in [0.3, 0.4) is 0 Å². The molecule has 0 N–H and O–H groups in total. The summed E-state index contributed by atoms with van der Waals surface area (Å²) in [7, 11) is 0. The molecule has 0 bridgehead atoms. The SMILES string of the molecule is C1=CC2C3CC=C(N(C4C=CC5C(C4)c4ccccc4N5C4CC=CCC4)C4CC=CC5Oc6ccccc6C54)C=C3C3(C4=C(CCC=C4)c4ccccc43)C2C=C1. The van der Waals surface area contributed by atoms with Crippen LogP contribution in [0.15, 0.2) is 175 Å². The molecule has 3 heteroatoms. The number of hydrogen-bond donors (Lipinski definition) is 0. The maximum absolute atomic E-state index is 6.76. The molecule has 8 aliphatic carbocycles. The minimum absolute atomic E-state index is 0.0587. The predicted octanol–water partition coefficient (Wildman–Crippen LogP) is 11.8. The zero-order valence-electron chi connectivity index (χ0n) is 33.2. The van der Waals surface area contributed by atoms with E-state index in [4.69, 9.17) is 4.74 Å². The third kappa shape index (κ3) is 4.57. The van der Waals surface area contributed by atoms with Crippen LogP contribution in [-0.4, -0.2) is 35.2 Å². The van der Waals surface area contributed by atoms with Crippen molar-refractivity contribution in [1.82, 2.24) is 4.90 Å². The van der Waals surface area contributed by atoms with Gasteiger partial charge in [-0.2, -0.15) is 0 Å². The lowest BCUT2D eigenvalue weighted by atomic mass is 9.64. The van der Waals surface area contributed by atoms with Gasteiger partial charge in [0.15, 0.2) is 0 Å². The van der Waals surface area contributed by atoms with Crippen LogP contribution in [0.1, 0.15) is 85.5 Å². The van der Waals surface area contributed by atoms with E-state index in [1.165, 1.54) is 35.4 Å². The number of benzene rings is 3. The Balaban J connectivity index is 0.975. The molecule has 3 nitrogen and oxygen atoms in total. The maximum atomic E-state index is 6.76. The van der Waals surface area contributed by atoms with Gasteiger partial charge in [-0.25, -0.2) is 0 Å². The second kappa shape index (κ2) is 12.9. The number of para-hydroxylation sites is 2. The first-order valence-electron chi connectivity index (χ1n) is 22.5.